The van der Waals surface area contributed by atoms with E-state index in [2.05, 4.69) is 11.4 Å². The van der Waals surface area contributed by atoms with E-state index in [4.69, 9.17) is 5.73 Å². The fourth-order valence-electron chi connectivity index (χ4n) is 2.48. The maximum atomic E-state index is 12.2. The van der Waals surface area contributed by atoms with Crippen LogP contribution in [-0.2, 0) is 12.8 Å². The topological polar surface area (TPSA) is 78.9 Å². The molecule has 3 rings (SSSR count). The first kappa shape index (κ1) is 12.7. The summed E-state index contributed by atoms with van der Waals surface area (Å²) >= 11 is 1.51. The first-order valence-electron chi connectivity index (χ1n) is 6.41. The minimum absolute atomic E-state index is 0.264. The monoisotopic (exact) mass is 283 g/mol. The van der Waals surface area contributed by atoms with Crippen molar-refractivity contribution in [3.05, 3.63) is 45.8 Å². The van der Waals surface area contributed by atoms with Gasteiger partial charge in [-0.1, -0.05) is 12.1 Å². The van der Waals surface area contributed by atoms with Crippen molar-refractivity contribution in [3.8, 4) is 6.07 Å². The Balaban J connectivity index is 1.91. The van der Waals surface area contributed by atoms with Crippen LogP contribution in [0, 0.1) is 11.3 Å². The number of hydrogen-bond acceptors (Lipinski definition) is 4. The number of nitrogens with two attached hydrogens (primary N) is 1. The van der Waals surface area contributed by atoms with Gasteiger partial charge in [-0.2, -0.15) is 5.26 Å². The second-order valence-corrected chi connectivity index (χ2v) is 5.82. The molecule has 0 fully saturated rings. The van der Waals surface area contributed by atoms with E-state index >= 15 is 0 Å². The molecule has 0 bridgehead atoms. The molecule has 1 aromatic heterocycles. The molecule has 1 aliphatic rings. The summed E-state index contributed by atoms with van der Waals surface area (Å²) in [7, 11) is 0. The predicted octanol–water partition coefficient (Wildman–Crippen LogP) is 2.94. The van der Waals surface area contributed by atoms with Crippen molar-refractivity contribution in [2.24, 2.45) is 0 Å². The van der Waals surface area contributed by atoms with E-state index in [1.54, 1.807) is 24.3 Å². The van der Waals surface area contributed by atoms with E-state index in [-0.39, 0.29) is 5.91 Å². The van der Waals surface area contributed by atoms with Crippen molar-refractivity contribution in [1.82, 2.24) is 0 Å². The highest BCUT2D eigenvalue weighted by atomic mass is 32.1. The van der Waals surface area contributed by atoms with E-state index in [1.165, 1.54) is 16.2 Å². The summed E-state index contributed by atoms with van der Waals surface area (Å²) in [6.45, 7) is 0. The quantitative estimate of drug-likeness (QED) is 0.832. The molecule has 0 saturated carbocycles. The lowest BCUT2D eigenvalue weighted by atomic mass is 10.1. The smallest absolute Gasteiger partial charge is 0.258 e. The maximum absolute atomic E-state index is 12.2. The summed E-state index contributed by atoms with van der Waals surface area (Å²) < 4.78 is 0. The number of nitrogens with one attached hydrogen (secondary N) is 1. The molecule has 0 unspecified atom stereocenters. The predicted molar refractivity (Wildman–Crippen MR) is 79.9 cm³/mol. The second-order valence-electron chi connectivity index (χ2n) is 4.71. The van der Waals surface area contributed by atoms with Crippen LogP contribution in [0.3, 0.4) is 0 Å². The molecular weight excluding hydrogens is 270 g/mol. The fraction of sp³-hybridized carbons (Fsp3) is 0.200. The molecule has 0 atom stereocenters. The number of thiophene rings is 1. The molecule has 5 heteroatoms. The zero-order valence-corrected chi connectivity index (χ0v) is 11.6. The van der Waals surface area contributed by atoms with Crippen LogP contribution in [0.25, 0.3) is 0 Å². The molecule has 100 valence electrons. The molecule has 20 heavy (non-hydrogen) atoms. The van der Waals surface area contributed by atoms with Gasteiger partial charge < -0.3 is 11.1 Å². The number of carbonyl (C=O) groups is 1. The van der Waals surface area contributed by atoms with E-state index in [0.29, 0.717) is 21.8 Å². The van der Waals surface area contributed by atoms with E-state index < -0.39 is 0 Å². The van der Waals surface area contributed by atoms with Crippen molar-refractivity contribution in [3.63, 3.8) is 0 Å². The van der Waals surface area contributed by atoms with Gasteiger partial charge in [0.05, 0.1) is 11.1 Å². The lowest BCUT2D eigenvalue weighted by Crippen LogP contribution is -2.13. The first-order valence-corrected chi connectivity index (χ1v) is 7.23. The Morgan fingerprint density at radius 2 is 2.15 bits per heavy atom. The van der Waals surface area contributed by atoms with Gasteiger partial charge in [-0.05, 0) is 37.0 Å². The average molecular weight is 283 g/mol. The number of benzene rings is 1. The lowest BCUT2D eigenvalue weighted by molar-refractivity contribution is 0.102. The van der Waals surface area contributed by atoms with E-state index in [1.807, 2.05) is 0 Å². The van der Waals surface area contributed by atoms with Crippen LogP contribution in [0.15, 0.2) is 24.3 Å². The fourth-order valence-corrected chi connectivity index (χ4v) is 3.72. The van der Waals surface area contributed by atoms with Gasteiger partial charge in [-0.15, -0.1) is 11.3 Å². The molecule has 4 nitrogen and oxygen atoms in total. The number of nitrogen functional groups attached to an aromatic ring is 1. The van der Waals surface area contributed by atoms with Gasteiger partial charge in [0.2, 0.25) is 0 Å². The average Bonchev–Trinajstić information content (AvgIpc) is 2.99. The second kappa shape index (κ2) is 4.99. The van der Waals surface area contributed by atoms with Crippen LogP contribution in [0.1, 0.15) is 32.8 Å². The SMILES string of the molecule is N#Cc1c(NC(=O)c2ccccc2N)sc2c1CCC2. The Morgan fingerprint density at radius 1 is 1.35 bits per heavy atom. The summed E-state index contributed by atoms with van der Waals surface area (Å²) in [6, 6.07) is 9.13. The number of carbonyl (C=O) groups excluding carboxylic acids is 1. The zero-order chi connectivity index (χ0) is 14.1. The molecule has 0 radical (unpaired) electrons. The number of amides is 1. The van der Waals surface area contributed by atoms with Crippen molar-refractivity contribution < 1.29 is 4.79 Å². The molecule has 1 amide bonds. The Morgan fingerprint density at radius 3 is 2.90 bits per heavy atom. The van der Waals surface area contributed by atoms with Crippen molar-refractivity contribution in [2.75, 3.05) is 11.1 Å². The van der Waals surface area contributed by atoms with Gasteiger partial charge in [-0.3, -0.25) is 4.79 Å². The van der Waals surface area contributed by atoms with Gasteiger partial charge in [0.1, 0.15) is 11.1 Å². The minimum atomic E-state index is -0.264. The van der Waals surface area contributed by atoms with Crippen molar-refractivity contribution >= 4 is 27.9 Å². The summed E-state index contributed by atoms with van der Waals surface area (Å²) in [5.41, 5.74) is 8.39. The Labute approximate surface area is 120 Å². The summed E-state index contributed by atoms with van der Waals surface area (Å²) in [5, 5.41) is 12.8. The molecule has 1 aliphatic carbocycles. The molecule has 0 spiro atoms. The third kappa shape index (κ3) is 2.04. The molecule has 3 N–H and O–H groups in total. The normalized spacial score (nSPS) is 12.8. The molecule has 0 aliphatic heterocycles. The van der Waals surface area contributed by atoms with Gasteiger partial charge in [0.25, 0.3) is 5.91 Å². The van der Waals surface area contributed by atoms with E-state index in [0.717, 1.165) is 24.8 Å². The third-order valence-corrected chi connectivity index (χ3v) is 4.67. The molecular formula is C15H13N3OS. The number of nitrogens with zero attached hydrogens (tertiary/aromatic N) is 1. The number of fused-ring (bicyclic) bond motifs is 1. The number of anilines is 2. The van der Waals surface area contributed by atoms with Crippen LogP contribution >= 0.6 is 11.3 Å². The molecule has 0 saturated heterocycles. The van der Waals surface area contributed by atoms with Crippen LogP contribution in [0.5, 0.6) is 0 Å². The van der Waals surface area contributed by atoms with E-state index in [9.17, 15) is 10.1 Å². The lowest BCUT2D eigenvalue weighted by Gasteiger charge is -2.06. The summed E-state index contributed by atoms with van der Waals surface area (Å²) in [5.74, 6) is -0.264. The number of para-hydroxylation sites is 1. The number of nitriles is 1. The number of rotatable bonds is 2. The summed E-state index contributed by atoms with van der Waals surface area (Å²) in [4.78, 5) is 13.5. The third-order valence-electron chi connectivity index (χ3n) is 3.47. The first-order chi connectivity index (χ1) is 9.70. The highest BCUT2D eigenvalue weighted by molar-refractivity contribution is 7.16. The Kier molecular flexibility index (Phi) is 3.17. The molecule has 2 aromatic rings. The Hall–Kier alpha value is -2.32. The standard InChI is InChI=1S/C15H13N3OS/c16-8-11-9-5-3-7-13(9)20-15(11)18-14(19)10-4-1-2-6-12(10)17/h1-2,4,6H,3,5,7,17H2,(H,18,19). The van der Waals surface area contributed by atoms with Crippen LogP contribution in [0.2, 0.25) is 0 Å². The van der Waals surface area contributed by atoms with Gasteiger partial charge in [0, 0.05) is 10.6 Å². The van der Waals surface area contributed by atoms with Crippen molar-refractivity contribution in [1.29, 1.82) is 5.26 Å². The Bertz CT molecular complexity index is 727. The molecule has 1 heterocycles. The zero-order valence-electron chi connectivity index (χ0n) is 10.8. The maximum Gasteiger partial charge on any atom is 0.258 e. The van der Waals surface area contributed by atoms with Gasteiger partial charge in [0.15, 0.2) is 0 Å². The van der Waals surface area contributed by atoms with Gasteiger partial charge in [-0.25, -0.2) is 0 Å². The highest BCUT2D eigenvalue weighted by Gasteiger charge is 2.23. The summed E-state index contributed by atoms with van der Waals surface area (Å²) in [6.07, 6.45) is 3.02. The van der Waals surface area contributed by atoms with Gasteiger partial charge >= 0.3 is 0 Å². The van der Waals surface area contributed by atoms with Crippen molar-refractivity contribution in [2.45, 2.75) is 19.3 Å². The van der Waals surface area contributed by atoms with Crippen LogP contribution in [0.4, 0.5) is 10.7 Å². The van der Waals surface area contributed by atoms with Crippen LogP contribution < -0.4 is 11.1 Å². The minimum Gasteiger partial charge on any atom is -0.398 e. The highest BCUT2D eigenvalue weighted by Crippen LogP contribution is 2.38. The largest absolute Gasteiger partial charge is 0.398 e. The number of aryl methyl sites for hydroxylation is 1. The molecule has 1 aromatic carbocycles. The number of hydrogen-bond donors (Lipinski definition) is 2. The van der Waals surface area contributed by atoms with Crippen LogP contribution in [-0.4, -0.2) is 5.91 Å².